The number of carboxylic acids is 2. The Morgan fingerprint density at radius 2 is 1.58 bits per heavy atom. The Morgan fingerprint density at radius 3 is 2.17 bits per heavy atom. The molecule has 0 aliphatic rings. The first-order chi connectivity index (χ1) is 16.9. The molecular formula is C23H31N5O8. The van der Waals surface area contributed by atoms with Crippen molar-refractivity contribution in [3.05, 3.63) is 36.0 Å². The van der Waals surface area contributed by atoms with Gasteiger partial charge in [-0.15, -0.1) is 0 Å². The largest absolute Gasteiger partial charge is 0.481 e. The van der Waals surface area contributed by atoms with Crippen LogP contribution in [0.3, 0.4) is 0 Å². The quantitative estimate of drug-likeness (QED) is 0.164. The molecule has 0 radical (unpaired) electrons. The summed E-state index contributed by atoms with van der Waals surface area (Å²) in [7, 11) is 0. The minimum absolute atomic E-state index is 0.0266. The van der Waals surface area contributed by atoms with E-state index in [1.54, 1.807) is 6.20 Å². The number of benzene rings is 1. The van der Waals surface area contributed by atoms with Crippen LogP contribution in [-0.4, -0.2) is 80.2 Å². The zero-order valence-electron chi connectivity index (χ0n) is 19.9. The number of carboxylic acid groups (broad SMARTS) is 2. The van der Waals surface area contributed by atoms with Crippen molar-refractivity contribution >= 4 is 40.6 Å². The van der Waals surface area contributed by atoms with E-state index in [9.17, 15) is 34.2 Å². The Hall–Kier alpha value is -3.97. The lowest BCUT2D eigenvalue weighted by molar-refractivity contribution is -0.144. The molecule has 196 valence electrons. The molecule has 1 aromatic heterocycles. The third kappa shape index (κ3) is 7.78. The van der Waals surface area contributed by atoms with Gasteiger partial charge in [-0.1, -0.05) is 18.2 Å². The highest BCUT2D eigenvalue weighted by molar-refractivity contribution is 5.95. The molecule has 5 unspecified atom stereocenters. The SMILES string of the molecule is CC(N)C(=O)NC(Cc1c[nH]c2ccccc12)C(=O)NC(C(=O)NC(CCC(=O)O)C(=O)O)C(C)O. The van der Waals surface area contributed by atoms with Crippen LogP contribution in [0.2, 0.25) is 0 Å². The minimum atomic E-state index is -1.58. The maximum Gasteiger partial charge on any atom is 0.326 e. The van der Waals surface area contributed by atoms with Gasteiger partial charge in [0.2, 0.25) is 17.7 Å². The fourth-order valence-corrected chi connectivity index (χ4v) is 3.48. The van der Waals surface area contributed by atoms with Gasteiger partial charge in [0, 0.05) is 29.9 Å². The summed E-state index contributed by atoms with van der Waals surface area (Å²) in [5, 5.41) is 36.0. The number of hydrogen-bond donors (Lipinski definition) is 8. The number of carbonyl (C=O) groups excluding carboxylic acids is 3. The number of fused-ring (bicyclic) bond motifs is 1. The van der Waals surface area contributed by atoms with Crippen LogP contribution in [0.4, 0.5) is 0 Å². The number of hydrogen-bond acceptors (Lipinski definition) is 7. The third-order valence-electron chi connectivity index (χ3n) is 5.47. The highest BCUT2D eigenvalue weighted by atomic mass is 16.4. The molecule has 9 N–H and O–H groups in total. The number of aliphatic hydroxyl groups excluding tert-OH is 1. The maximum atomic E-state index is 13.2. The first-order valence-electron chi connectivity index (χ1n) is 11.2. The van der Waals surface area contributed by atoms with E-state index in [4.69, 9.17) is 10.8 Å². The maximum absolute atomic E-state index is 13.2. The highest BCUT2D eigenvalue weighted by Gasteiger charge is 2.33. The van der Waals surface area contributed by atoms with Crippen molar-refractivity contribution < 1.29 is 39.3 Å². The van der Waals surface area contributed by atoms with Gasteiger partial charge in [-0.25, -0.2) is 4.79 Å². The van der Waals surface area contributed by atoms with Gasteiger partial charge < -0.3 is 42.0 Å². The van der Waals surface area contributed by atoms with Crippen molar-refractivity contribution in [2.45, 2.75) is 63.4 Å². The molecule has 3 amide bonds. The average Bonchev–Trinajstić information content (AvgIpc) is 3.21. The first-order valence-corrected chi connectivity index (χ1v) is 11.2. The van der Waals surface area contributed by atoms with E-state index in [0.29, 0.717) is 5.56 Å². The summed E-state index contributed by atoms with van der Waals surface area (Å²) in [6, 6.07) is 2.07. The third-order valence-corrected chi connectivity index (χ3v) is 5.47. The summed E-state index contributed by atoms with van der Waals surface area (Å²) in [5.41, 5.74) is 7.14. The van der Waals surface area contributed by atoms with Crippen LogP contribution in [0.1, 0.15) is 32.3 Å². The molecule has 0 aliphatic heterocycles. The molecule has 0 saturated carbocycles. The van der Waals surface area contributed by atoms with Crippen molar-refractivity contribution in [1.82, 2.24) is 20.9 Å². The minimum Gasteiger partial charge on any atom is -0.481 e. The van der Waals surface area contributed by atoms with Crippen LogP contribution in [0.15, 0.2) is 30.5 Å². The number of aromatic nitrogens is 1. The Bertz CT molecular complexity index is 1110. The molecule has 36 heavy (non-hydrogen) atoms. The van der Waals surface area contributed by atoms with Gasteiger partial charge in [0.15, 0.2) is 0 Å². The van der Waals surface area contributed by atoms with E-state index in [0.717, 1.165) is 10.9 Å². The predicted octanol–water partition coefficient (Wildman–Crippen LogP) is -1.16. The fraction of sp³-hybridized carbons (Fsp3) is 0.435. The van der Waals surface area contributed by atoms with Crippen LogP contribution < -0.4 is 21.7 Å². The van der Waals surface area contributed by atoms with E-state index in [1.807, 2.05) is 24.3 Å². The van der Waals surface area contributed by atoms with Crippen LogP contribution in [0.25, 0.3) is 10.9 Å². The van der Waals surface area contributed by atoms with E-state index < -0.39 is 72.8 Å². The number of aliphatic carboxylic acids is 2. The Morgan fingerprint density at radius 1 is 0.944 bits per heavy atom. The Labute approximate surface area is 206 Å². The summed E-state index contributed by atoms with van der Waals surface area (Å²) in [5.74, 6) is -5.18. The molecule has 0 bridgehead atoms. The number of para-hydroxylation sites is 1. The Kier molecular flexibility index (Phi) is 9.93. The van der Waals surface area contributed by atoms with Crippen LogP contribution in [0, 0.1) is 0 Å². The molecule has 1 aromatic carbocycles. The van der Waals surface area contributed by atoms with E-state index in [1.165, 1.54) is 13.8 Å². The van der Waals surface area contributed by atoms with Gasteiger partial charge in [0.05, 0.1) is 12.1 Å². The number of aliphatic hydroxyl groups is 1. The van der Waals surface area contributed by atoms with Gasteiger partial charge in [-0.3, -0.25) is 19.2 Å². The zero-order valence-corrected chi connectivity index (χ0v) is 19.9. The smallest absolute Gasteiger partial charge is 0.326 e. The standard InChI is InChI=1S/C23H31N5O8/c1-11(24)20(32)27-17(9-13-10-25-15-6-4-3-5-14(13)15)21(33)28-19(12(2)29)22(34)26-16(23(35)36)7-8-18(30)31/h3-6,10-12,16-17,19,25,29H,7-9,24H2,1-2H3,(H,26,34)(H,27,32)(H,28,33)(H,30,31)(H,35,36). The summed E-state index contributed by atoms with van der Waals surface area (Å²) in [6.07, 6.45) is -0.648. The van der Waals surface area contributed by atoms with Crippen LogP contribution >= 0.6 is 0 Å². The van der Waals surface area contributed by atoms with Gasteiger partial charge >= 0.3 is 11.9 Å². The molecule has 5 atom stereocenters. The topological polar surface area (TPSA) is 224 Å². The van der Waals surface area contributed by atoms with Crippen LogP contribution in [0.5, 0.6) is 0 Å². The summed E-state index contributed by atoms with van der Waals surface area (Å²) < 4.78 is 0. The molecule has 13 nitrogen and oxygen atoms in total. The fourth-order valence-electron chi connectivity index (χ4n) is 3.48. The molecular weight excluding hydrogens is 474 g/mol. The molecule has 2 rings (SSSR count). The normalized spacial score (nSPS) is 15.2. The number of aromatic amines is 1. The van der Waals surface area contributed by atoms with Gasteiger partial charge in [-0.2, -0.15) is 0 Å². The van der Waals surface area contributed by atoms with Crippen molar-refractivity contribution in [3.8, 4) is 0 Å². The van der Waals surface area contributed by atoms with Crippen LogP contribution in [-0.2, 0) is 30.4 Å². The molecule has 2 aromatic rings. The summed E-state index contributed by atoms with van der Waals surface area (Å²) >= 11 is 0. The molecule has 0 saturated heterocycles. The number of nitrogens with two attached hydrogens (primary N) is 1. The van der Waals surface area contributed by atoms with Crippen molar-refractivity contribution in [1.29, 1.82) is 0 Å². The van der Waals surface area contributed by atoms with Gasteiger partial charge in [0.1, 0.15) is 18.1 Å². The average molecular weight is 506 g/mol. The van der Waals surface area contributed by atoms with Crippen molar-refractivity contribution in [2.75, 3.05) is 0 Å². The summed E-state index contributed by atoms with van der Waals surface area (Å²) in [6.45, 7) is 2.65. The van der Waals surface area contributed by atoms with E-state index in [-0.39, 0.29) is 6.42 Å². The molecule has 13 heteroatoms. The second kappa shape index (κ2) is 12.7. The number of amides is 3. The second-order valence-corrected chi connectivity index (χ2v) is 8.47. The van der Waals surface area contributed by atoms with Gasteiger partial charge in [0.25, 0.3) is 0 Å². The number of H-pyrrole nitrogens is 1. The molecule has 1 heterocycles. The molecule has 0 fully saturated rings. The van der Waals surface area contributed by atoms with E-state index in [2.05, 4.69) is 20.9 Å². The highest BCUT2D eigenvalue weighted by Crippen LogP contribution is 2.19. The number of carbonyl (C=O) groups is 5. The number of rotatable bonds is 13. The lowest BCUT2D eigenvalue weighted by Gasteiger charge is -2.26. The number of nitrogens with one attached hydrogen (secondary N) is 4. The van der Waals surface area contributed by atoms with Gasteiger partial charge in [-0.05, 0) is 31.9 Å². The monoisotopic (exact) mass is 505 g/mol. The molecule has 0 aliphatic carbocycles. The summed E-state index contributed by atoms with van der Waals surface area (Å²) in [4.78, 5) is 63.4. The lowest BCUT2D eigenvalue weighted by atomic mass is 10.0. The Balaban J connectivity index is 2.23. The van der Waals surface area contributed by atoms with E-state index >= 15 is 0 Å². The first kappa shape index (κ1) is 28.3. The second-order valence-electron chi connectivity index (χ2n) is 8.47. The van der Waals surface area contributed by atoms with Crippen molar-refractivity contribution in [2.24, 2.45) is 5.73 Å². The zero-order chi connectivity index (χ0) is 27.0. The lowest BCUT2D eigenvalue weighted by Crippen LogP contribution is -2.60. The molecule has 0 spiro atoms. The van der Waals surface area contributed by atoms with Crippen molar-refractivity contribution in [3.63, 3.8) is 0 Å². The predicted molar refractivity (Wildman–Crippen MR) is 128 cm³/mol.